The van der Waals surface area contributed by atoms with E-state index in [0.29, 0.717) is 17.8 Å². The number of likely N-dealkylation sites (tertiary alicyclic amines) is 1. The molecule has 1 amide bonds. The van der Waals surface area contributed by atoms with Crippen molar-refractivity contribution in [3.8, 4) is 0 Å². The van der Waals surface area contributed by atoms with Crippen molar-refractivity contribution in [1.29, 1.82) is 0 Å². The zero-order chi connectivity index (χ0) is 14.1. The maximum atomic E-state index is 12.7. The third kappa shape index (κ3) is 2.45. The first kappa shape index (κ1) is 13.6. The number of amides is 1. The molecule has 1 aliphatic carbocycles. The van der Waals surface area contributed by atoms with E-state index >= 15 is 0 Å². The zero-order valence-corrected chi connectivity index (χ0v) is 12.4. The summed E-state index contributed by atoms with van der Waals surface area (Å²) in [4.78, 5) is 19.1. The second kappa shape index (κ2) is 5.54. The van der Waals surface area contributed by atoms with Crippen LogP contribution in [0.2, 0.25) is 0 Å². The first-order valence-corrected chi connectivity index (χ1v) is 7.90. The molecule has 20 heavy (non-hydrogen) atoms. The molecule has 110 valence electrons. The van der Waals surface area contributed by atoms with Gasteiger partial charge in [-0.05, 0) is 31.6 Å². The summed E-state index contributed by atoms with van der Waals surface area (Å²) in [5.74, 6) is 2.13. The number of nitrogens with one attached hydrogen (secondary N) is 1. The number of aromatic nitrogens is 3. The van der Waals surface area contributed by atoms with Crippen LogP contribution in [0.5, 0.6) is 0 Å². The average molecular weight is 276 g/mol. The Bertz CT molecular complexity index is 480. The molecular weight excluding hydrogens is 252 g/mol. The number of nitrogens with zero attached hydrogens (tertiary/aromatic N) is 3. The second-order valence-corrected chi connectivity index (χ2v) is 6.45. The number of rotatable bonds is 2. The molecule has 2 fully saturated rings. The van der Waals surface area contributed by atoms with Crippen molar-refractivity contribution in [3.05, 3.63) is 11.6 Å². The Labute approximate surface area is 120 Å². The predicted molar refractivity (Wildman–Crippen MR) is 76.5 cm³/mol. The second-order valence-electron chi connectivity index (χ2n) is 6.45. The Morgan fingerprint density at radius 3 is 2.75 bits per heavy atom. The topological polar surface area (TPSA) is 61.9 Å². The van der Waals surface area contributed by atoms with Gasteiger partial charge in [-0.25, -0.2) is 4.98 Å². The highest BCUT2D eigenvalue weighted by molar-refractivity contribution is 5.90. The van der Waals surface area contributed by atoms with Gasteiger partial charge < -0.3 is 4.90 Å². The van der Waals surface area contributed by atoms with Crippen LogP contribution < -0.4 is 0 Å². The van der Waals surface area contributed by atoms with Gasteiger partial charge in [0.2, 0.25) is 5.82 Å². The van der Waals surface area contributed by atoms with Gasteiger partial charge in [-0.3, -0.25) is 9.89 Å². The monoisotopic (exact) mass is 276 g/mol. The molecule has 1 aromatic rings. The Balaban J connectivity index is 1.77. The standard InChI is InChI=1S/C15H24N4O/c1-10(2)13-16-14(18-17-13)15(20)19-9-5-7-11-6-3-4-8-12(11)19/h10-12H,3-9H2,1-2H3,(H,16,17,18). The summed E-state index contributed by atoms with van der Waals surface area (Å²) in [5.41, 5.74) is 0. The van der Waals surface area contributed by atoms with E-state index in [-0.39, 0.29) is 11.8 Å². The highest BCUT2D eigenvalue weighted by Gasteiger charge is 2.37. The minimum atomic E-state index is 0.0183. The lowest BCUT2D eigenvalue weighted by Gasteiger charge is -2.43. The lowest BCUT2D eigenvalue weighted by molar-refractivity contribution is 0.0380. The van der Waals surface area contributed by atoms with Crippen LogP contribution in [-0.4, -0.2) is 38.6 Å². The molecular formula is C15H24N4O. The minimum Gasteiger partial charge on any atom is -0.333 e. The van der Waals surface area contributed by atoms with Crippen LogP contribution in [0.1, 0.15) is 74.7 Å². The van der Waals surface area contributed by atoms with Crippen LogP contribution >= 0.6 is 0 Å². The molecule has 1 aliphatic heterocycles. The van der Waals surface area contributed by atoms with Crippen molar-refractivity contribution >= 4 is 5.91 Å². The fourth-order valence-corrected chi connectivity index (χ4v) is 3.63. The number of hydrogen-bond donors (Lipinski definition) is 1. The van der Waals surface area contributed by atoms with Crippen LogP contribution in [0.4, 0.5) is 0 Å². The van der Waals surface area contributed by atoms with Crippen LogP contribution in [-0.2, 0) is 0 Å². The van der Waals surface area contributed by atoms with E-state index in [1.807, 2.05) is 18.7 Å². The van der Waals surface area contributed by atoms with Crippen molar-refractivity contribution in [2.45, 2.75) is 64.3 Å². The zero-order valence-electron chi connectivity index (χ0n) is 12.4. The molecule has 2 heterocycles. The molecule has 1 saturated carbocycles. The predicted octanol–water partition coefficient (Wildman–Crippen LogP) is 2.72. The first-order chi connectivity index (χ1) is 9.66. The van der Waals surface area contributed by atoms with Crippen LogP contribution in [0.15, 0.2) is 0 Å². The van der Waals surface area contributed by atoms with E-state index in [0.717, 1.165) is 25.2 Å². The summed E-state index contributed by atoms with van der Waals surface area (Å²) in [7, 11) is 0. The van der Waals surface area contributed by atoms with E-state index < -0.39 is 0 Å². The average Bonchev–Trinajstić information content (AvgIpc) is 2.96. The van der Waals surface area contributed by atoms with Gasteiger partial charge in [0, 0.05) is 18.5 Å². The molecule has 0 bridgehead atoms. The maximum Gasteiger partial charge on any atom is 0.293 e. The van der Waals surface area contributed by atoms with Crippen molar-refractivity contribution in [3.63, 3.8) is 0 Å². The van der Waals surface area contributed by atoms with Gasteiger partial charge in [-0.2, -0.15) is 0 Å². The molecule has 0 aromatic carbocycles. The Kier molecular flexibility index (Phi) is 3.76. The van der Waals surface area contributed by atoms with Crippen LogP contribution in [0.25, 0.3) is 0 Å². The summed E-state index contributed by atoms with van der Waals surface area (Å²) in [6, 6.07) is 0.422. The van der Waals surface area contributed by atoms with Crippen LogP contribution in [0, 0.1) is 5.92 Å². The van der Waals surface area contributed by atoms with E-state index in [9.17, 15) is 4.79 Å². The first-order valence-electron chi connectivity index (χ1n) is 7.90. The molecule has 1 N–H and O–H groups in total. The van der Waals surface area contributed by atoms with Crippen molar-refractivity contribution in [2.24, 2.45) is 5.92 Å². The quantitative estimate of drug-likeness (QED) is 0.903. The number of hydrogen-bond acceptors (Lipinski definition) is 3. The van der Waals surface area contributed by atoms with E-state index in [2.05, 4.69) is 15.2 Å². The number of piperidine rings is 1. The van der Waals surface area contributed by atoms with Gasteiger partial charge in [0.1, 0.15) is 5.82 Å². The number of carbonyl (C=O) groups excluding carboxylic acids is 1. The van der Waals surface area contributed by atoms with E-state index in [1.165, 1.54) is 25.7 Å². The summed E-state index contributed by atoms with van der Waals surface area (Å²) >= 11 is 0. The number of H-pyrrole nitrogens is 1. The molecule has 1 saturated heterocycles. The molecule has 0 radical (unpaired) electrons. The molecule has 2 atom stereocenters. The van der Waals surface area contributed by atoms with Gasteiger partial charge in [-0.1, -0.05) is 26.7 Å². The SMILES string of the molecule is CC(C)c1nc(C(=O)N2CCCC3CCCCC32)n[nH]1. The molecule has 2 unspecified atom stereocenters. The van der Waals surface area contributed by atoms with Crippen molar-refractivity contribution in [1.82, 2.24) is 20.1 Å². The summed E-state index contributed by atoms with van der Waals surface area (Å²) < 4.78 is 0. The third-order valence-electron chi connectivity index (χ3n) is 4.74. The molecule has 3 rings (SSSR count). The highest BCUT2D eigenvalue weighted by atomic mass is 16.2. The van der Waals surface area contributed by atoms with E-state index in [1.54, 1.807) is 0 Å². The summed E-state index contributed by atoms with van der Waals surface area (Å²) in [6.45, 7) is 4.96. The van der Waals surface area contributed by atoms with E-state index in [4.69, 9.17) is 0 Å². The Morgan fingerprint density at radius 1 is 1.25 bits per heavy atom. The minimum absolute atomic E-state index is 0.0183. The van der Waals surface area contributed by atoms with Crippen molar-refractivity contribution in [2.75, 3.05) is 6.54 Å². The Morgan fingerprint density at radius 2 is 2.00 bits per heavy atom. The smallest absolute Gasteiger partial charge is 0.293 e. The molecule has 5 heteroatoms. The largest absolute Gasteiger partial charge is 0.333 e. The van der Waals surface area contributed by atoms with Gasteiger partial charge in [-0.15, -0.1) is 5.10 Å². The van der Waals surface area contributed by atoms with Gasteiger partial charge in [0.05, 0.1) is 0 Å². The van der Waals surface area contributed by atoms with Crippen molar-refractivity contribution < 1.29 is 4.79 Å². The number of aromatic amines is 1. The number of fused-ring (bicyclic) bond motifs is 1. The summed E-state index contributed by atoms with van der Waals surface area (Å²) in [6.07, 6.45) is 7.39. The Hall–Kier alpha value is -1.39. The normalized spacial score (nSPS) is 26.6. The fraction of sp³-hybridized carbons (Fsp3) is 0.800. The highest BCUT2D eigenvalue weighted by Crippen LogP contribution is 2.35. The fourth-order valence-electron chi connectivity index (χ4n) is 3.63. The molecule has 5 nitrogen and oxygen atoms in total. The lowest BCUT2D eigenvalue weighted by Crippen LogP contribution is -2.49. The van der Waals surface area contributed by atoms with Gasteiger partial charge in [0.25, 0.3) is 5.91 Å². The van der Waals surface area contributed by atoms with Crippen LogP contribution in [0.3, 0.4) is 0 Å². The number of carbonyl (C=O) groups is 1. The van der Waals surface area contributed by atoms with Gasteiger partial charge >= 0.3 is 0 Å². The summed E-state index contributed by atoms with van der Waals surface area (Å²) in [5, 5.41) is 7.01. The molecule has 2 aliphatic rings. The molecule has 1 aromatic heterocycles. The lowest BCUT2D eigenvalue weighted by atomic mass is 9.78. The third-order valence-corrected chi connectivity index (χ3v) is 4.74. The maximum absolute atomic E-state index is 12.7. The molecule has 0 spiro atoms. The van der Waals surface area contributed by atoms with Gasteiger partial charge in [0.15, 0.2) is 0 Å².